The van der Waals surface area contributed by atoms with Crippen molar-refractivity contribution in [2.24, 2.45) is 0 Å². The van der Waals surface area contributed by atoms with Crippen LogP contribution < -0.4 is 0 Å². The number of hydrogen-bond acceptors (Lipinski definition) is 8. The normalized spacial score (nSPS) is 9.38. The molecule has 0 saturated carbocycles. The van der Waals surface area contributed by atoms with Crippen LogP contribution in [0.3, 0.4) is 0 Å². The number of carbonyl (C=O) groups excluding carboxylic acids is 2. The Kier molecular flexibility index (Phi) is 25.4. The molecule has 0 amide bonds. The second kappa shape index (κ2) is 25.7. The van der Waals surface area contributed by atoms with Crippen molar-refractivity contribution in [3.05, 3.63) is 47.8 Å². The van der Waals surface area contributed by atoms with E-state index >= 15 is 0 Å². The molecule has 10 nitrogen and oxygen atoms in total. The Morgan fingerprint density at radius 3 is 1.33 bits per heavy atom. The van der Waals surface area contributed by atoms with Crippen LogP contribution >= 0.6 is 18.8 Å². The number of ether oxygens (including phenoxy) is 2. The summed E-state index contributed by atoms with van der Waals surface area (Å²) < 4.78 is 10.6. The number of carboxylic acids is 2. The van der Waals surface area contributed by atoms with E-state index in [2.05, 4.69) is 23.8 Å². The van der Waals surface area contributed by atoms with Crippen molar-refractivity contribution in [3.8, 4) is 11.4 Å². The van der Waals surface area contributed by atoms with Gasteiger partial charge in [0.25, 0.3) is 11.9 Å². The standard InChI is InChI=1S/C22H28N2O4.2C2H4O2.2ClH.Pt/c1-3-5-7-13-27-21(25)17-9-11-23-19(15-17)20-16-18(10-12-24-20)22(26)28-14-8-6-4-2;2*1-2(3)4;;;/h9-12,15-16H,3-8,13-14H2,1-2H3;2*1H3,(H,3,4);2*1H;/q;;;;;+2/p-2. The fourth-order valence-electron chi connectivity index (χ4n) is 2.60. The number of hydrogen-bond donors (Lipinski definition) is 2. The van der Waals surface area contributed by atoms with E-state index in [1.165, 1.54) is 12.4 Å². The van der Waals surface area contributed by atoms with Crippen LogP contribution in [0.4, 0.5) is 0 Å². The number of rotatable bonds is 11. The summed E-state index contributed by atoms with van der Waals surface area (Å²) in [6.45, 7) is 7.17. The zero-order valence-corrected chi connectivity index (χ0v) is 26.2. The first-order valence-electron chi connectivity index (χ1n) is 12.0. The number of esters is 2. The van der Waals surface area contributed by atoms with E-state index < -0.39 is 28.4 Å². The van der Waals surface area contributed by atoms with Crippen LogP contribution in [0.2, 0.25) is 0 Å². The molecule has 2 aromatic heterocycles. The van der Waals surface area contributed by atoms with Gasteiger partial charge in [0.2, 0.25) is 0 Å². The van der Waals surface area contributed by atoms with E-state index in [1.807, 2.05) is 0 Å². The van der Waals surface area contributed by atoms with Gasteiger partial charge in [-0.3, -0.25) is 19.6 Å². The summed E-state index contributed by atoms with van der Waals surface area (Å²) in [5.74, 6) is -2.43. The Morgan fingerprint density at radius 1 is 0.744 bits per heavy atom. The molecule has 0 aliphatic heterocycles. The van der Waals surface area contributed by atoms with Gasteiger partial charge in [-0.2, -0.15) is 0 Å². The number of halogens is 2. The molecule has 2 N–H and O–H groups in total. The summed E-state index contributed by atoms with van der Waals surface area (Å²) in [7, 11) is 9.75. The number of carbonyl (C=O) groups is 4. The van der Waals surface area contributed by atoms with Crippen LogP contribution in [0.25, 0.3) is 11.4 Å². The summed E-state index contributed by atoms with van der Waals surface area (Å²) in [5, 5.41) is 14.8. The van der Waals surface area contributed by atoms with Gasteiger partial charge in [0.05, 0.1) is 35.7 Å². The van der Waals surface area contributed by atoms with Gasteiger partial charge >= 0.3 is 47.3 Å². The van der Waals surface area contributed by atoms with Gasteiger partial charge in [0.1, 0.15) is 0 Å². The maximum atomic E-state index is 12.2. The van der Waals surface area contributed by atoms with Crippen molar-refractivity contribution in [2.75, 3.05) is 13.2 Å². The number of aromatic nitrogens is 2. The topological polar surface area (TPSA) is 153 Å². The van der Waals surface area contributed by atoms with Crippen molar-refractivity contribution in [2.45, 2.75) is 66.2 Å². The molecule has 0 aliphatic rings. The van der Waals surface area contributed by atoms with Crippen molar-refractivity contribution < 1.29 is 55.3 Å². The summed E-state index contributed by atoms with van der Waals surface area (Å²) in [5.41, 5.74) is 1.83. The zero-order valence-electron chi connectivity index (χ0n) is 22.4. The average molecular weight is 771 g/mol. The molecule has 13 heteroatoms. The van der Waals surface area contributed by atoms with Crippen LogP contribution in [0.5, 0.6) is 0 Å². The third-order valence-electron chi connectivity index (χ3n) is 4.22. The first-order valence-corrected chi connectivity index (χ1v) is 17.6. The van der Waals surface area contributed by atoms with Gasteiger partial charge < -0.3 is 19.7 Å². The second-order valence-corrected chi connectivity index (χ2v) is 10.9. The Hall–Kier alpha value is -2.55. The van der Waals surface area contributed by atoms with Gasteiger partial charge in [-0.25, -0.2) is 9.59 Å². The fourth-order valence-corrected chi connectivity index (χ4v) is 2.60. The molecule has 39 heavy (non-hydrogen) atoms. The summed E-state index contributed by atoms with van der Waals surface area (Å²) in [4.78, 5) is 50.9. The monoisotopic (exact) mass is 769 g/mol. The molecule has 0 spiro atoms. The van der Waals surface area contributed by atoms with Gasteiger partial charge in [-0.05, 0) is 37.1 Å². The minimum atomic E-state index is -0.833. The van der Waals surface area contributed by atoms with Crippen LogP contribution in [0.1, 0.15) is 86.9 Å². The summed E-state index contributed by atoms with van der Waals surface area (Å²) in [6.07, 6.45) is 8.97. The predicted octanol–water partition coefficient (Wildman–Crippen LogP) is 6.40. The number of aliphatic carboxylic acids is 2. The van der Waals surface area contributed by atoms with E-state index in [0.29, 0.717) is 35.7 Å². The first kappa shape index (κ1) is 38.6. The van der Waals surface area contributed by atoms with Gasteiger partial charge in [0, 0.05) is 26.2 Å². The van der Waals surface area contributed by atoms with E-state index in [4.69, 9.17) is 48.1 Å². The third-order valence-corrected chi connectivity index (χ3v) is 4.22. The molecular formula is C26H36Cl2N2O8Pt. The molecule has 0 atom stereocenters. The molecule has 0 aromatic carbocycles. The zero-order chi connectivity index (χ0) is 30.1. The Bertz CT molecular complexity index is 910. The average Bonchev–Trinajstić information content (AvgIpc) is 2.89. The molecule has 2 rings (SSSR count). The Morgan fingerprint density at radius 2 is 1.05 bits per heavy atom. The number of carboxylic acid groups (broad SMARTS) is 2. The Balaban J connectivity index is 0. The fraction of sp³-hybridized carbons (Fsp3) is 0.462. The van der Waals surface area contributed by atoms with Crippen LogP contribution in [0, 0.1) is 0 Å². The summed E-state index contributed by atoms with van der Waals surface area (Å²) in [6, 6.07) is 6.47. The third kappa shape index (κ3) is 23.1. The first-order chi connectivity index (χ1) is 18.5. The maximum absolute atomic E-state index is 12.2. The predicted molar refractivity (Wildman–Crippen MR) is 145 cm³/mol. The Labute approximate surface area is 245 Å². The van der Waals surface area contributed by atoms with E-state index in [0.717, 1.165) is 52.4 Å². The molecule has 0 saturated heterocycles. The molecule has 222 valence electrons. The number of nitrogens with zero attached hydrogens (tertiary/aromatic N) is 2. The molecule has 2 heterocycles. The molecule has 0 bridgehead atoms. The molecule has 2 aromatic rings. The number of unbranched alkanes of at least 4 members (excludes halogenated alkanes) is 4. The van der Waals surface area contributed by atoms with Gasteiger partial charge in [-0.15, -0.1) is 0 Å². The minimum absolute atomic E-state index is 0.383. The van der Waals surface area contributed by atoms with Crippen molar-refractivity contribution in [1.82, 2.24) is 9.97 Å². The molecule has 0 unspecified atom stereocenters. The van der Waals surface area contributed by atoms with Crippen LogP contribution in [-0.4, -0.2) is 57.3 Å². The molecule has 0 fully saturated rings. The summed E-state index contributed by atoms with van der Waals surface area (Å²) >= 11 is -0.472. The quantitative estimate of drug-likeness (QED) is 0.194. The van der Waals surface area contributed by atoms with Crippen molar-refractivity contribution in [1.29, 1.82) is 0 Å². The number of pyridine rings is 2. The van der Waals surface area contributed by atoms with E-state index in [1.54, 1.807) is 24.3 Å². The molecule has 0 aliphatic carbocycles. The second-order valence-electron chi connectivity index (χ2n) is 7.63. The van der Waals surface area contributed by atoms with Crippen LogP contribution in [0.15, 0.2) is 36.7 Å². The molecule has 0 radical (unpaired) electrons. The SMILES string of the molecule is CC(=O)O.CC(=O)O.CCCCCOC(=O)c1ccnc(-c2cc(C(=O)OCCCCC)ccn2)c1.[Cl][Pt][Cl]. The van der Waals surface area contributed by atoms with E-state index in [9.17, 15) is 9.59 Å². The molecular weight excluding hydrogens is 734 g/mol. The van der Waals surface area contributed by atoms with Gasteiger partial charge in [0.15, 0.2) is 0 Å². The van der Waals surface area contributed by atoms with E-state index in [-0.39, 0.29) is 11.9 Å². The van der Waals surface area contributed by atoms with Gasteiger partial charge in [-0.1, -0.05) is 39.5 Å². The van der Waals surface area contributed by atoms with Crippen molar-refractivity contribution >= 4 is 42.7 Å². The van der Waals surface area contributed by atoms with Crippen LogP contribution in [-0.2, 0) is 35.5 Å². The van der Waals surface area contributed by atoms with Crippen molar-refractivity contribution in [3.63, 3.8) is 0 Å².